The van der Waals surface area contributed by atoms with Crippen LogP contribution in [0.4, 0.5) is 0 Å². The minimum Gasteiger partial charge on any atom is -0.480 e. The Kier molecular flexibility index (Phi) is 5.25. The van der Waals surface area contributed by atoms with Gasteiger partial charge in [-0.1, -0.05) is 11.6 Å². The van der Waals surface area contributed by atoms with E-state index in [0.29, 0.717) is 34.2 Å². The molecule has 0 spiro atoms. The molecule has 1 saturated heterocycles. The highest BCUT2D eigenvalue weighted by molar-refractivity contribution is 6.33. The summed E-state index contributed by atoms with van der Waals surface area (Å²) < 4.78 is 11.5. The molecule has 1 aliphatic carbocycles. The quantitative estimate of drug-likeness (QED) is 0.649. The third-order valence-electron chi connectivity index (χ3n) is 6.20. The number of methoxy groups -OCH3 is 1. The van der Waals surface area contributed by atoms with Crippen molar-refractivity contribution in [2.45, 2.75) is 44.1 Å². The Hall–Kier alpha value is -2.38. The van der Waals surface area contributed by atoms with Gasteiger partial charge in [0.05, 0.1) is 28.9 Å². The van der Waals surface area contributed by atoms with Gasteiger partial charge in [-0.2, -0.15) is 4.98 Å². The number of H-pyrrole nitrogens is 1. The Morgan fingerprint density at radius 1 is 1.10 bits per heavy atom. The summed E-state index contributed by atoms with van der Waals surface area (Å²) in [6.07, 6.45) is 5.81. The number of halogens is 1. The fraction of sp³-hybridized carbons (Fsp3) is 0.500. The summed E-state index contributed by atoms with van der Waals surface area (Å²) >= 11 is 6.58. The van der Waals surface area contributed by atoms with Gasteiger partial charge in [0.1, 0.15) is 6.10 Å². The van der Waals surface area contributed by atoms with E-state index in [9.17, 15) is 0 Å². The van der Waals surface area contributed by atoms with Gasteiger partial charge >= 0.3 is 0 Å². The van der Waals surface area contributed by atoms with E-state index in [0.717, 1.165) is 55.5 Å². The number of nitrogens with one attached hydrogen (secondary N) is 1. The number of aromatic amines is 1. The number of likely N-dealkylation sites (tertiary alicyclic amines) is 1. The van der Waals surface area contributed by atoms with E-state index in [1.165, 1.54) is 6.42 Å². The maximum atomic E-state index is 6.58. The van der Waals surface area contributed by atoms with E-state index < -0.39 is 0 Å². The van der Waals surface area contributed by atoms with Crippen molar-refractivity contribution < 1.29 is 9.47 Å². The molecule has 0 radical (unpaired) electrons. The second kappa shape index (κ2) is 8.04. The van der Waals surface area contributed by atoms with Crippen molar-refractivity contribution in [1.29, 1.82) is 0 Å². The zero-order valence-electron chi connectivity index (χ0n) is 17.3. The average Bonchev–Trinajstić information content (AvgIpc) is 3.11. The average molecular weight is 428 g/mol. The Labute approximate surface area is 180 Å². The fourth-order valence-corrected chi connectivity index (χ4v) is 4.36. The number of ether oxygens (including phenoxy) is 2. The van der Waals surface area contributed by atoms with Gasteiger partial charge in [0.15, 0.2) is 5.65 Å². The Balaban J connectivity index is 1.46. The molecule has 2 aliphatic rings. The van der Waals surface area contributed by atoms with Gasteiger partial charge in [-0.3, -0.25) is 0 Å². The van der Waals surface area contributed by atoms with Crippen LogP contribution in [0.15, 0.2) is 18.2 Å². The predicted octanol–water partition coefficient (Wildman–Crippen LogP) is 4.42. The molecule has 1 N–H and O–H groups in total. The van der Waals surface area contributed by atoms with E-state index in [4.69, 9.17) is 31.0 Å². The highest BCUT2D eigenvalue weighted by atomic mass is 35.5. The topological polar surface area (TPSA) is 76.2 Å². The summed E-state index contributed by atoms with van der Waals surface area (Å²) in [4.78, 5) is 19.5. The number of aromatic nitrogens is 4. The van der Waals surface area contributed by atoms with Crippen LogP contribution < -0.4 is 9.47 Å². The van der Waals surface area contributed by atoms with Gasteiger partial charge in [-0.05, 0) is 70.4 Å². The first-order valence-corrected chi connectivity index (χ1v) is 11.0. The maximum Gasteiger partial charge on any atom is 0.296 e. The molecule has 158 valence electrons. The number of pyridine rings is 2. The minimum atomic E-state index is 0.247. The van der Waals surface area contributed by atoms with Crippen LogP contribution >= 0.6 is 11.6 Å². The summed E-state index contributed by atoms with van der Waals surface area (Å²) in [7, 11) is 3.80. The molecular weight excluding hydrogens is 402 g/mol. The number of nitrogens with zero attached hydrogens (tertiary/aromatic N) is 4. The van der Waals surface area contributed by atoms with Crippen molar-refractivity contribution in [1.82, 2.24) is 24.8 Å². The molecule has 4 heterocycles. The molecule has 0 amide bonds. The van der Waals surface area contributed by atoms with E-state index in [1.54, 1.807) is 7.11 Å². The summed E-state index contributed by atoms with van der Waals surface area (Å²) in [5.41, 5.74) is 3.78. The molecule has 0 aromatic carbocycles. The first-order valence-electron chi connectivity index (χ1n) is 10.6. The summed E-state index contributed by atoms with van der Waals surface area (Å²) in [6, 6.07) is 6.42. The molecule has 3 aromatic rings. The molecule has 3 aromatic heterocycles. The number of hydrogen-bond acceptors (Lipinski definition) is 6. The standard InChI is InChI=1S/C22H26ClN5O2/c1-28-10-8-13(9-11-28)17-7-6-15(21(24-17)29-2)19-16(23)12-18-20(26-19)27-22(25-18)30-14-4-3-5-14/h6-7,12-14H,3-5,8-11H2,1-2H3,(H,25,26,27). The van der Waals surface area contributed by atoms with Crippen LogP contribution in [0.1, 0.15) is 43.7 Å². The highest BCUT2D eigenvalue weighted by Gasteiger charge is 2.24. The largest absolute Gasteiger partial charge is 0.480 e. The molecule has 8 heteroatoms. The van der Waals surface area contributed by atoms with Gasteiger partial charge < -0.3 is 19.4 Å². The highest BCUT2D eigenvalue weighted by Crippen LogP contribution is 2.36. The molecular formula is C22H26ClN5O2. The molecule has 2 fully saturated rings. The molecule has 0 bridgehead atoms. The van der Waals surface area contributed by atoms with E-state index in [2.05, 4.69) is 28.0 Å². The van der Waals surface area contributed by atoms with Gasteiger partial charge in [-0.15, -0.1) is 0 Å². The molecule has 0 atom stereocenters. The van der Waals surface area contributed by atoms with Crippen molar-refractivity contribution in [3.63, 3.8) is 0 Å². The fourth-order valence-electron chi connectivity index (χ4n) is 4.11. The lowest BCUT2D eigenvalue weighted by Crippen LogP contribution is -2.29. The summed E-state index contributed by atoms with van der Waals surface area (Å²) in [5, 5.41) is 0.522. The van der Waals surface area contributed by atoms with Crippen LogP contribution in [0.25, 0.3) is 22.4 Å². The molecule has 1 aliphatic heterocycles. The molecule has 7 nitrogen and oxygen atoms in total. The number of rotatable bonds is 5. The second-order valence-electron chi connectivity index (χ2n) is 8.27. The zero-order valence-corrected chi connectivity index (χ0v) is 18.1. The van der Waals surface area contributed by atoms with Crippen LogP contribution in [0, 0.1) is 0 Å². The van der Waals surface area contributed by atoms with Gasteiger partial charge in [0.2, 0.25) is 5.88 Å². The van der Waals surface area contributed by atoms with E-state index in [-0.39, 0.29) is 6.10 Å². The lowest BCUT2D eigenvalue weighted by molar-refractivity contribution is 0.110. The van der Waals surface area contributed by atoms with Crippen molar-refractivity contribution in [2.75, 3.05) is 27.2 Å². The molecule has 30 heavy (non-hydrogen) atoms. The van der Waals surface area contributed by atoms with E-state index >= 15 is 0 Å². The number of imidazole rings is 1. The third kappa shape index (κ3) is 3.72. The van der Waals surface area contributed by atoms with Crippen molar-refractivity contribution >= 4 is 22.8 Å². The molecule has 0 unspecified atom stereocenters. The Morgan fingerprint density at radius 2 is 1.90 bits per heavy atom. The third-order valence-corrected chi connectivity index (χ3v) is 6.49. The van der Waals surface area contributed by atoms with Crippen molar-refractivity contribution in [3.8, 4) is 23.1 Å². The van der Waals surface area contributed by atoms with Gasteiger partial charge in [-0.25, -0.2) is 9.97 Å². The van der Waals surface area contributed by atoms with Crippen LogP contribution in [-0.2, 0) is 0 Å². The summed E-state index contributed by atoms with van der Waals surface area (Å²) in [6.45, 7) is 2.18. The number of hydrogen-bond donors (Lipinski definition) is 1. The van der Waals surface area contributed by atoms with E-state index in [1.807, 2.05) is 12.1 Å². The summed E-state index contributed by atoms with van der Waals surface area (Å²) in [5.74, 6) is 0.995. The number of fused-ring (bicyclic) bond motifs is 1. The zero-order chi connectivity index (χ0) is 20.7. The SMILES string of the molecule is COc1nc(C2CCN(C)CC2)ccc1-c1nc2nc(OC3CCC3)[nH]c2cc1Cl. The first kappa shape index (κ1) is 19.6. The minimum absolute atomic E-state index is 0.247. The Bertz CT molecular complexity index is 1060. The monoisotopic (exact) mass is 427 g/mol. The lowest BCUT2D eigenvalue weighted by Gasteiger charge is -2.28. The van der Waals surface area contributed by atoms with Crippen molar-refractivity contribution in [2.24, 2.45) is 0 Å². The normalized spacial score (nSPS) is 18.5. The maximum absolute atomic E-state index is 6.58. The Morgan fingerprint density at radius 3 is 2.60 bits per heavy atom. The van der Waals surface area contributed by atoms with Crippen LogP contribution in [0.2, 0.25) is 5.02 Å². The van der Waals surface area contributed by atoms with Gasteiger partial charge in [0.25, 0.3) is 6.01 Å². The molecule has 1 saturated carbocycles. The molecule has 5 rings (SSSR count). The first-order chi connectivity index (χ1) is 14.6. The van der Waals surface area contributed by atoms with Crippen LogP contribution in [-0.4, -0.2) is 58.2 Å². The van der Waals surface area contributed by atoms with Crippen LogP contribution in [0.5, 0.6) is 11.9 Å². The number of piperidine rings is 1. The van der Waals surface area contributed by atoms with Crippen molar-refractivity contribution in [3.05, 3.63) is 28.9 Å². The van der Waals surface area contributed by atoms with Crippen LogP contribution in [0.3, 0.4) is 0 Å². The second-order valence-corrected chi connectivity index (χ2v) is 8.68. The predicted molar refractivity (Wildman–Crippen MR) is 116 cm³/mol. The van der Waals surface area contributed by atoms with Gasteiger partial charge in [0, 0.05) is 11.6 Å². The smallest absolute Gasteiger partial charge is 0.296 e. The lowest BCUT2D eigenvalue weighted by atomic mass is 9.93.